The van der Waals surface area contributed by atoms with Crippen molar-refractivity contribution >= 4 is 0 Å². The van der Waals surface area contributed by atoms with Gasteiger partial charge in [0.1, 0.15) is 11.5 Å². The van der Waals surface area contributed by atoms with E-state index in [1.807, 2.05) is 12.1 Å². The third-order valence-corrected chi connectivity index (χ3v) is 5.49. The first-order valence-corrected chi connectivity index (χ1v) is 9.75. The lowest BCUT2D eigenvalue weighted by molar-refractivity contribution is 0.0338. The molecular weight excluding hydrogens is 330 g/mol. The Labute approximate surface area is 157 Å². The van der Waals surface area contributed by atoms with Gasteiger partial charge in [-0.05, 0) is 44.1 Å². The minimum Gasteiger partial charge on any atom is -0.507 e. The second-order valence-corrected chi connectivity index (χ2v) is 7.43. The van der Waals surface area contributed by atoms with Crippen molar-refractivity contribution in [1.29, 1.82) is 0 Å². The smallest absolute Gasteiger partial charge is 0.123 e. The topological polar surface area (TPSA) is 48.4 Å². The number of benzene rings is 1. The number of rotatable bonds is 7. The van der Waals surface area contributed by atoms with Crippen LogP contribution in [0.2, 0.25) is 0 Å². The molecule has 6 heteroatoms. The number of morpholine rings is 1. The highest BCUT2D eigenvalue weighted by Crippen LogP contribution is 2.30. The molecular formula is C20H33N3O3. The number of likely N-dealkylation sites (N-methyl/N-ethyl adjacent to an activating group) is 1. The zero-order chi connectivity index (χ0) is 18.4. The first-order chi connectivity index (χ1) is 12.7. The number of piperazine rings is 1. The summed E-state index contributed by atoms with van der Waals surface area (Å²) in [6.07, 6.45) is 1.94. The van der Waals surface area contributed by atoms with Crippen molar-refractivity contribution in [3.63, 3.8) is 0 Å². The van der Waals surface area contributed by atoms with Crippen LogP contribution in [0.25, 0.3) is 0 Å². The number of nitrogens with zero attached hydrogens (tertiary/aromatic N) is 3. The second-order valence-electron chi connectivity index (χ2n) is 7.43. The molecule has 146 valence electrons. The Morgan fingerprint density at radius 2 is 1.69 bits per heavy atom. The molecule has 26 heavy (non-hydrogen) atoms. The van der Waals surface area contributed by atoms with Crippen LogP contribution in [-0.2, 0) is 17.7 Å². The molecule has 6 nitrogen and oxygen atoms in total. The normalized spacial score (nSPS) is 20.4. The SMILES string of the molecule is COc1cc(CCCN2CCN(C)CC2)c(O)c(CN2CCOCC2)c1. The number of hydrogen-bond acceptors (Lipinski definition) is 6. The minimum atomic E-state index is 0.440. The van der Waals surface area contributed by atoms with Crippen molar-refractivity contribution in [3.8, 4) is 11.5 Å². The van der Waals surface area contributed by atoms with Crippen LogP contribution in [0.15, 0.2) is 12.1 Å². The van der Waals surface area contributed by atoms with Crippen molar-refractivity contribution in [2.75, 3.05) is 73.2 Å². The highest BCUT2D eigenvalue weighted by Gasteiger charge is 2.17. The Morgan fingerprint density at radius 1 is 1.00 bits per heavy atom. The van der Waals surface area contributed by atoms with E-state index < -0.39 is 0 Å². The molecule has 2 fully saturated rings. The summed E-state index contributed by atoms with van der Waals surface area (Å²) < 4.78 is 10.9. The van der Waals surface area contributed by atoms with E-state index >= 15 is 0 Å². The van der Waals surface area contributed by atoms with Gasteiger partial charge < -0.3 is 24.4 Å². The molecule has 0 aromatic heterocycles. The molecule has 0 bridgehead atoms. The quantitative estimate of drug-likeness (QED) is 0.791. The molecule has 0 unspecified atom stereocenters. The molecule has 2 aliphatic heterocycles. The number of aryl methyl sites for hydroxylation is 1. The summed E-state index contributed by atoms with van der Waals surface area (Å²) in [7, 11) is 3.88. The monoisotopic (exact) mass is 363 g/mol. The maximum absolute atomic E-state index is 10.8. The molecule has 0 aliphatic carbocycles. The molecule has 1 aromatic carbocycles. The summed E-state index contributed by atoms with van der Waals surface area (Å²) in [5.41, 5.74) is 1.96. The maximum Gasteiger partial charge on any atom is 0.123 e. The summed E-state index contributed by atoms with van der Waals surface area (Å²) >= 11 is 0. The van der Waals surface area contributed by atoms with E-state index in [0.29, 0.717) is 5.75 Å². The van der Waals surface area contributed by atoms with Crippen LogP contribution in [0.4, 0.5) is 0 Å². The van der Waals surface area contributed by atoms with Gasteiger partial charge in [-0.15, -0.1) is 0 Å². The predicted molar refractivity (Wildman–Crippen MR) is 103 cm³/mol. The Kier molecular flexibility index (Phi) is 7.14. The van der Waals surface area contributed by atoms with E-state index in [0.717, 1.165) is 95.3 Å². The van der Waals surface area contributed by atoms with Crippen LogP contribution >= 0.6 is 0 Å². The highest BCUT2D eigenvalue weighted by atomic mass is 16.5. The Morgan fingerprint density at radius 3 is 2.38 bits per heavy atom. The average molecular weight is 364 g/mol. The zero-order valence-electron chi connectivity index (χ0n) is 16.2. The molecule has 0 radical (unpaired) electrons. The van der Waals surface area contributed by atoms with Gasteiger partial charge in [-0.1, -0.05) is 0 Å². The van der Waals surface area contributed by atoms with Crippen LogP contribution in [0.5, 0.6) is 11.5 Å². The number of phenolic OH excluding ortho intramolecular Hbond substituents is 1. The van der Waals surface area contributed by atoms with Crippen LogP contribution < -0.4 is 4.74 Å². The van der Waals surface area contributed by atoms with Crippen molar-refractivity contribution in [1.82, 2.24) is 14.7 Å². The lowest BCUT2D eigenvalue weighted by Gasteiger charge is -2.32. The molecule has 0 amide bonds. The summed E-state index contributed by atoms with van der Waals surface area (Å²) in [5.74, 6) is 1.27. The van der Waals surface area contributed by atoms with Gasteiger partial charge in [-0.3, -0.25) is 4.90 Å². The first kappa shape index (κ1) is 19.4. The molecule has 1 N–H and O–H groups in total. The minimum absolute atomic E-state index is 0.440. The number of phenols is 1. The summed E-state index contributed by atoms with van der Waals surface area (Å²) in [5, 5.41) is 10.8. The second kappa shape index (κ2) is 9.55. The van der Waals surface area contributed by atoms with Gasteiger partial charge in [0.2, 0.25) is 0 Å². The Balaban J connectivity index is 1.59. The van der Waals surface area contributed by atoms with Crippen LogP contribution in [0.1, 0.15) is 17.5 Å². The number of hydrogen-bond donors (Lipinski definition) is 1. The molecule has 1 aromatic rings. The zero-order valence-corrected chi connectivity index (χ0v) is 16.2. The van der Waals surface area contributed by atoms with Gasteiger partial charge in [0.25, 0.3) is 0 Å². The van der Waals surface area contributed by atoms with Gasteiger partial charge >= 0.3 is 0 Å². The molecule has 2 saturated heterocycles. The molecule has 0 atom stereocenters. The fourth-order valence-corrected chi connectivity index (χ4v) is 3.72. The average Bonchev–Trinajstić information content (AvgIpc) is 2.67. The number of methoxy groups -OCH3 is 1. The lowest BCUT2D eigenvalue weighted by atomic mass is 10.0. The fraction of sp³-hybridized carbons (Fsp3) is 0.700. The summed E-state index contributed by atoms with van der Waals surface area (Å²) in [6.45, 7) is 9.77. The third-order valence-electron chi connectivity index (χ3n) is 5.49. The van der Waals surface area contributed by atoms with Gasteiger partial charge in [0.15, 0.2) is 0 Å². The van der Waals surface area contributed by atoms with Gasteiger partial charge in [-0.25, -0.2) is 0 Å². The lowest BCUT2D eigenvalue weighted by Crippen LogP contribution is -2.44. The van der Waals surface area contributed by atoms with E-state index in [1.54, 1.807) is 7.11 Å². The molecule has 0 saturated carbocycles. The van der Waals surface area contributed by atoms with Crippen LogP contribution in [0.3, 0.4) is 0 Å². The summed E-state index contributed by atoms with van der Waals surface area (Å²) in [4.78, 5) is 7.22. The predicted octanol–water partition coefficient (Wildman–Crippen LogP) is 1.41. The maximum atomic E-state index is 10.8. The standard InChI is InChI=1S/C20H33N3O3/c1-21-6-8-22(9-7-21)5-3-4-17-14-19(25-2)15-18(20(17)24)16-23-10-12-26-13-11-23/h14-15,24H,3-13,16H2,1-2H3. The van der Waals surface area contributed by atoms with Crippen molar-refractivity contribution < 1.29 is 14.6 Å². The van der Waals surface area contributed by atoms with Crippen molar-refractivity contribution in [3.05, 3.63) is 23.3 Å². The number of aromatic hydroxyl groups is 1. The van der Waals surface area contributed by atoms with E-state index in [-0.39, 0.29) is 0 Å². The van der Waals surface area contributed by atoms with Gasteiger partial charge in [0, 0.05) is 51.4 Å². The first-order valence-electron chi connectivity index (χ1n) is 9.75. The molecule has 0 spiro atoms. The molecule has 2 heterocycles. The van der Waals surface area contributed by atoms with Crippen LogP contribution in [-0.4, -0.2) is 93.0 Å². The molecule has 3 rings (SSSR count). The van der Waals surface area contributed by atoms with E-state index in [9.17, 15) is 5.11 Å². The van der Waals surface area contributed by atoms with Gasteiger partial charge in [0.05, 0.1) is 20.3 Å². The van der Waals surface area contributed by atoms with Crippen molar-refractivity contribution in [2.45, 2.75) is 19.4 Å². The van der Waals surface area contributed by atoms with Crippen molar-refractivity contribution in [2.24, 2.45) is 0 Å². The van der Waals surface area contributed by atoms with E-state index in [1.165, 1.54) is 0 Å². The Bertz CT molecular complexity index is 568. The third kappa shape index (κ3) is 5.33. The fourth-order valence-electron chi connectivity index (χ4n) is 3.72. The Hall–Kier alpha value is -1.34. The largest absolute Gasteiger partial charge is 0.507 e. The van der Waals surface area contributed by atoms with E-state index in [4.69, 9.17) is 9.47 Å². The van der Waals surface area contributed by atoms with Gasteiger partial charge in [-0.2, -0.15) is 0 Å². The molecule has 2 aliphatic rings. The summed E-state index contributed by atoms with van der Waals surface area (Å²) in [6, 6.07) is 3.96. The number of ether oxygens (including phenoxy) is 2. The van der Waals surface area contributed by atoms with Crippen LogP contribution in [0, 0.1) is 0 Å². The highest BCUT2D eigenvalue weighted by molar-refractivity contribution is 5.46. The van der Waals surface area contributed by atoms with E-state index in [2.05, 4.69) is 21.7 Å².